The van der Waals surface area contributed by atoms with Gasteiger partial charge in [0.05, 0.1) is 11.1 Å². The summed E-state index contributed by atoms with van der Waals surface area (Å²) in [5.74, 6) is -0.576. The summed E-state index contributed by atoms with van der Waals surface area (Å²) >= 11 is 0. The quantitative estimate of drug-likeness (QED) is 0.813. The zero-order valence-corrected chi connectivity index (χ0v) is 12.2. The zero-order valence-electron chi connectivity index (χ0n) is 12.2. The molecule has 1 aromatic carbocycles. The Kier molecular flexibility index (Phi) is 3.45. The molecule has 1 unspecified atom stereocenters. The van der Waals surface area contributed by atoms with E-state index in [9.17, 15) is 9.59 Å². The second-order valence-electron chi connectivity index (χ2n) is 5.44. The number of fused-ring (bicyclic) bond motifs is 2. The molecule has 108 valence electrons. The molecule has 4 nitrogen and oxygen atoms in total. The van der Waals surface area contributed by atoms with Crippen molar-refractivity contribution in [2.75, 3.05) is 0 Å². The van der Waals surface area contributed by atoms with Crippen molar-refractivity contribution in [1.29, 1.82) is 0 Å². The second kappa shape index (κ2) is 5.28. The number of rotatable bonds is 3. The molecular weight excluding hydrogens is 266 g/mol. The van der Waals surface area contributed by atoms with E-state index < -0.39 is 12.1 Å². The van der Waals surface area contributed by atoms with Crippen LogP contribution in [0.1, 0.15) is 41.9 Å². The number of aromatic nitrogens is 1. The Morgan fingerprint density at radius 3 is 2.76 bits per heavy atom. The molecule has 0 spiro atoms. The van der Waals surface area contributed by atoms with Gasteiger partial charge in [-0.2, -0.15) is 0 Å². The average molecular weight is 283 g/mol. The van der Waals surface area contributed by atoms with Gasteiger partial charge in [-0.15, -0.1) is 0 Å². The van der Waals surface area contributed by atoms with Crippen molar-refractivity contribution in [1.82, 2.24) is 4.98 Å². The van der Waals surface area contributed by atoms with Crippen LogP contribution in [0.25, 0.3) is 10.9 Å². The number of Topliss-reactive ketones (excluding diaryl/α,β-unsaturated/α-hetero) is 1. The Bertz CT molecular complexity index is 736. The lowest BCUT2D eigenvalue weighted by molar-refractivity contribution is -0.124. The first-order valence-electron chi connectivity index (χ1n) is 7.20. The van der Waals surface area contributed by atoms with Crippen LogP contribution in [0.4, 0.5) is 0 Å². The Balaban J connectivity index is 2.12. The molecule has 0 aliphatic heterocycles. The van der Waals surface area contributed by atoms with E-state index in [0.29, 0.717) is 5.56 Å². The van der Waals surface area contributed by atoms with Gasteiger partial charge in [-0.1, -0.05) is 18.2 Å². The van der Waals surface area contributed by atoms with Gasteiger partial charge >= 0.3 is 5.97 Å². The third-order valence-corrected chi connectivity index (χ3v) is 3.98. The van der Waals surface area contributed by atoms with Gasteiger partial charge in [-0.3, -0.25) is 9.78 Å². The minimum absolute atomic E-state index is 0.154. The van der Waals surface area contributed by atoms with Crippen molar-refractivity contribution < 1.29 is 14.3 Å². The van der Waals surface area contributed by atoms with E-state index in [1.807, 2.05) is 24.3 Å². The highest BCUT2D eigenvalue weighted by molar-refractivity contribution is 6.05. The Hall–Kier alpha value is -2.23. The van der Waals surface area contributed by atoms with Crippen molar-refractivity contribution >= 4 is 22.7 Å². The Morgan fingerprint density at radius 2 is 2.00 bits per heavy atom. The molecule has 0 saturated carbocycles. The number of hydrogen-bond donors (Lipinski definition) is 0. The minimum atomic E-state index is -0.721. The number of benzene rings is 1. The highest BCUT2D eigenvalue weighted by Crippen LogP contribution is 2.30. The van der Waals surface area contributed by atoms with Crippen LogP contribution >= 0.6 is 0 Å². The summed E-state index contributed by atoms with van der Waals surface area (Å²) in [6.45, 7) is 3.02. The van der Waals surface area contributed by atoms with E-state index in [4.69, 9.17) is 4.74 Å². The lowest BCUT2D eigenvalue weighted by atomic mass is 10.0. The van der Waals surface area contributed by atoms with Gasteiger partial charge < -0.3 is 4.74 Å². The standard InChI is InChI=1S/C17H17NO3/c1-10(19)11(2)21-17(20)16-12-6-3-4-8-14(12)18-15-9-5-7-13(15)16/h3-4,6,8,11H,5,7,9H2,1-2H3. The second-order valence-corrected chi connectivity index (χ2v) is 5.44. The molecule has 0 bridgehead atoms. The van der Waals surface area contributed by atoms with E-state index in [2.05, 4.69) is 4.98 Å². The molecule has 2 aromatic rings. The van der Waals surface area contributed by atoms with Crippen molar-refractivity contribution in [2.45, 2.75) is 39.2 Å². The van der Waals surface area contributed by atoms with Crippen LogP contribution in [-0.4, -0.2) is 22.8 Å². The van der Waals surface area contributed by atoms with Gasteiger partial charge in [0.2, 0.25) is 0 Å². The number of ether oxygens (including phenoxy) is 1. The number of aryl methyl sites for hydroxylation is 1. The van der Waals surface area contributed by atoms with Gasteiger partial charge in [0.15, 0.2) is 11.9 Å². The van der Waals surface area contributed by atoms with E-state index in [0.717, 1.165) is 41.4 Å². The minimum Gasteiger partial charge on any atom is -0.451 e. The lowest BCUT2D eigenvalue weighted by Crippen LogP contribution is -2.23. The molecule has 1 aliphatic carbocycles. The molecule has 1 aliphatic rings. The molecule has 0 fully saturated rings. The number of esters is 1. The van der Waals surface area contributed by atoms with Crippen LogP contribution in [0.15, 0.2) is 24.3 Å². The van der Waals surface area contributed by atoms with Crippen LogP contribution in [0.2, 0.25) is 0 Å². The third kappa shape index (κ3) is 2.42. The summed E-state index contributed by atoms with van der Waals surface area (Å²) < 4.78 is 5.31. The SMILES string of the molecule is CC(=O)C(C)OC(=O)c1c2c(nc3ccccc13)CCC2. The summed E-state index contributed by atoms with van der Waals surface area (Å²) in [7, 11) is 0. The normalized spacial score (nSPS) is 14.8. The molecule has 0 N–H and O–H groups in total. The topological polar surface area (TPSA) is 56.3 Å². The molecule has 3 rings (SSSR count). The van der Waals surface area contributed by atoms with Crippen molar-refractivity contribution in [3.8, 4) is 0 Å². The molecule has 0 amide bonds. The molecule has 21 heavy (non-hydrogen) atoms. The van der Waals surface area contributed by atoms with Crippen molar-refractivity contribution in [3.63, 3.8) is 0 Å². The maximum Gasteiger partial charge on any atom is 0.339 e. The van der Waals surface area contributed by atoms with Gasteiger partial charge in [0, 0.05) is 11.1 Å². The van der Waals surface area contributed by atoms with Crippen LogP contribution in [0.5, 0.6) is 0 Å². The average Bonchev–Trinajstić information content (AvgIpc) is 2.91. The number of carbonyl (C=O) groups excluding carboxylic acids is 2. The molecule has 0 saturated heterocycles. The first-order valence-corrected chi connectivity index (χ1v) is 7.20. The van der Waals surface area contributed by atoms with Gasteiger partial charge in [-0.25, -0.2) is 4.79 Å². The summed E-state index contributed by atoms with van der Waals surface area (Å²) in [4.78, 5) is 28.5. The van der Waals surface area contributed by atoms with Crippen molar-refractivity contribution in [2.24, 2.45) is 0 Å². The number of nitrogens with zero attached hydrogens (tertiary/aromatic N) is 1. The van der Waals surface area contributed by atoms with E-state index >= 15 is 0 Å². The summed E-state index contributed by atoms with van der Waals surface area (Å²) in [5, 5.41) is 0.805. The first kappa shape index (κ1) is 13.7. The smallest absolute Gasteiger partial charge is 0.339 e. The maximum absolute atomic E-state index is 12.5. The number of carbonyl (C=O) groups is 2. The zero-order chi connectivity index (χ0) is 15.0. The lowest BCUT2D eigenvalue weighted by Gasteiger charge is -2.14. The largest absolute Gasteiger partial charge is 0.451 e. The van der Waals surface area contributed by atoms with Crippen LogP contribution < -0.4 is 0 Å². The van der Waals surface area contributed by atoms with E-state index in [-0.39, 0.29) is 5.78 Å². The molecule has 1 atom stereocenters. The number of para-hydroxylation sites is 1. The van der Waals surface area contributed by atoms with Crippen molar-refractivity contribution in [3.05, 3.63) is 41.1 Å². The van der Waals surface area contributed by atoms with Crippen LogP contribution in [-0.2, 0) is 22.4 Å². The highest BCUT2D eigenvalue weighted by atomic mass is 16.5. The fourth-order valence-corrected chi connectivity index (χ4v) is 2.75. The molecular formula is C17H17NO3. The van der Waals surface area contributed by atoms with Gasteiger partial charge in [-0.05, 0) is 44.7 Å². The highest BCUT2D eigenvalue weighted by Gasteiger charge is 2.26. The number of hydrogen-bond acceptors (Lipinski definition) is 4. The van der Waals surface area contributed by atoms with Gasteiger partial charge in [0.1, 0.15) is 0 Å². The molecule has 1 aromatic heterocycles. The predicted molar refractivity (Wildman–Crippen MR) is 79.3 cm³/mol. The Labute approximate surface area is 123 Å². The first-order chi connectivity index (χ1) is 10.1. The summed E-state index contributed by atoms with van der Waals surface area (Å²) in [6.07, 6.45) is 2.01. The van der Waals surface area contributed by atoms with E-state index in [1.54, 1.807) is 6.92 Å². The van der Waals surface area contributed by atoms with E-state index in [1.165, 1.54) is 6.92 Å². The molecule has 0 radical (unpaired) electrons. The maximum atomic E-state index is 12.5. The number of ketones is 1. The molecule has 4 heteroatoms. The monoisotopic (exact) mass is 283 g/mol. The fourth-order valence-electron chi connectivity index (χ4n) is 2.75. The summed E-state index contributed by atoms with van der Waals surface area (Å²) in [5.41, 5.74) is 3.35. The molecule has 1 heterocycles. The third-order valence-electron chi connectivity index (χ3n) is 3.98. The Morgan fingerprint density at radius 1 is 1.24 bits per heavy atom. The van der Waals surface area contributed by atoms with Gasteiger partial charge in [0.25, 0.3) is 0 Å². The van der Waals surface area contributed by atoms with Crippen LogP contribution in [0, 0.1) is 0 Å². The summed E-state index contributed by atoms with van der Waals surface area (Å²) in [6, 6.07) is 7.58. The fraction of sp³-hybridized carbons (Fsp3) is 0.353. The number of pyridine rings is 1. The predicted octanol–water partition coefficient (Wildman–Crippen LogP) is 2.86. The van der Waals surface area contributed by atoms with Crippen LogP contribution in [0.3, 0.4) is 0 Å².